The van der Waals surface area contributed by atoms with Crippen LogP contribution < -0.4 is 4.74 Å². The number of rotatable bonds is 5. The van der Waals surface area contributed by atoms with E-state index < -0.39 is 15.7 Å². The maximum atomic E-state index is 13.1. The summed E-state index contributed by atoms with van der Waals surface area (Å²) in [6.45, 7) is 7.04. The standard InChI is InChI=1S/C17H24N2O4S/c1-3-10-18-11-8-17(9-12-18)19(13-14-23-17)24(20,21)16-6-4-15(22-2)5-7-16/h3-7H,1,8-14H2,2H3. The molecule has 0 atom stereocenters. The van der Waals surface area contributed by atoms with E-state index in [9.17, 15) is 8.42 Å². The third-order valence-corrected chi connectivity index (χ3v) is 6.76. The molecule has 132 valence electrons. The Hall–Kier alpha value is -1.41. The van der Waals surface area contributed by atoms with E-state index >= 15 is 0 Å². The van der Waals surface area contributed by atoms with Crippen molar-refractivity contribution in [2.24, 2.45) is 0 Å². The minimum atomic E-state index is -3.59. The van der Waals surface area contributed by atoms with Gasteiger partial charge in [0.15, 0.2) is 0 Å². The first-order valence-electron chi connectivity index (χ1n) is 8.16. The van der Waals surface area contributed by atoms with E-state index in [1.807, 2.05) is 6.08 Å². The minimum absolute atomic E-state index is 0.279. The van der Waals surface area contributed by atoms with Crippen molar-refractivity contribution < 1.29 is 17.9 Å². The largest absolute Gasteiger partial charge is 0.497 e. The van der Waals surface area contributed by atoms with E-state index in [0.717, 1.165) is 19.6 Å². The molecule has 0 aliphatic carbocycles. The van der Waals surface area contributed by atoms with Gasteiger partial charge < -0.3 is 9.47 Å². The number of ether oxygens (including phenoxy) is 2. The third kappa shape index (κ3) is 3.09. The van der Waals surface area contributed by atoms with Crippen LogP contribution in [0.2, 0.25) is 0 Å². The molecule has 2 aliphatic rings. The number of sulfonamides is 1. The summed E-state index contributed by atoms with van der Waals surface area (Å²) < 4.78 is 38.8. The van der Waals surface area contributed by atoms with E-state index in [2.05, 4.69) is 11.5 Å². The first-order valence-corrected chi connectivity index (χ1v) is 9.60. The summed E-state index contributed by atoms with van der Waals surface area (Å²) in [4.78, 5) is 2.54. The van der Waals surface area contributed by atoms with Gasteiger partial charge in [0.25, 0.3) is 0 Å². The molecule has 0 amide bonds. The molecule has 24 heavy (non-hydrogen) atoms. The summed E-state index contributed by atoms with van der Waals surface area (Å²) in [5.41, 5.74) is -0.712. The molecule has 0 radical (unpaired) electrons. The normalized spacial score (nSPS) is 21.9. The molecule has 0 unspecified atom stereocenters. The zero-order valence-electron chi connectivity index (χ0n) is 14.0. The van der Waals surface area contributed by atoms with Crippen molar-refractivity contribution in [3.63, 3.8) is 0 Å². The first kappa shape index (κ1) is 17.4. The molecule has 0 bridgehead atoms. The number of likely N-dealkylation sites (tertiary alicyclic amines) is 1. The van der Waals surface area contributed by atoms with Crippen LogP contribution in [-0.2, 0) is 14.8 Å². The van der Waals surface area contributed by atoms with E-state index in [1.165, 1.54) is 0 Å². The van der Waals surface area contributed by atoms with Crippen LogP contribution >= 0.6 is 0 Å². The molecule has 1 aromatic carbocycles. The topological polar surface area (TPSA) is 59.1 Å². The van der Waals surface area contributed by atoms with Gasteiger partial charge in [-0.2, -0.15) is 4.31 Å². The smallest absolute Gasteiger partial charge is 0.245 e. The molecule has 1 spiro atoms. The monoisotopic (exact) mass is 352 g/mol. The lowest BCUT2D eigenvalue weighted by molar-refractivity contribution is -0.0891. The van der Waals surface area contributed by atoms with Crippen LogP contribution in [0.3, 0.4) is 0 Å². The molecule has 3 rings (SSSR count). The predicted molar refractivity (Wildman–Crippen MR) is 91.4 cm³/mol. The van der Waals surface area contributed by atoms with Crippen LogP contribution in [0.15, 0.2) is 41.8 Å². The molecule has 7 heteroatoms. The Labute approximate surface area is 143 Å². The van der Waals surface area contributed by atoms with Crippen LogP contribution in [0.5, 0.6) is 5.75 Å². The van der Waals surface area contributed by atoms with Crippen LogP contribution in [0, 0.1) is 0 Å². The minimum Gasteiger partial charge on any atom is -0.497 e. The van der Waals surface area contributed by atoms with Gasteiger partial charge in [-0.3, -0.25) is 4.90 Å². The third-order valence-electron chi connectivity index (χ3n) is 4.79. The summed E-state index contributed by atoms with van der Waals surface area (Å²) in [6, 6.07) is 6.52. The number of benzene rings is 1. The van der Waals surface area contributed by atoms with Gasteiger partial charge in [-0.05, 0) is 24.3 Å². The van der Waals surface area contributed by atoms with Gasteiger partial charge in [-0.15, -0.1) is 6.58 Å². The van der Waals surface area contributed by atoms with Gasteiger partial charge >= 0.3 is 0 Å². The van der Waals surface area contributed by atoms with Gasteiger partial charge in [0.05, 0.1) is 18.6 Å². The fourth-order valence-electron chi connectivity index (χ4n) is 3.47. The fourth-order valence-corrected chi connectivity index (χ4v) is 5.19. The van der Waals surface area contributed by atoms with Crippen molar-refractivity contribution in [3.05, 3.63) is 36.9 Å². The van der Waals surface area contributed by atoms with E-state index in [-0.39, 0.29) is 4.90 Å². The molecule has 0 saturated carbocycles. The maximum absolute atomic E-state index is 13.1. The Morgan fingerprint density at radius 1 is 1.25 bits per heavy atom. The second kappa shape index (κ2) is 6.84. The maximum Gasteiger partial charge on any atom is 0.245 e. The van der Waals surface area contributed by atoms with E-state index in [0.29, 0.717) is 31.7 Å². The van der Waals surface area contributed by atoms with Gasteiger partial charge in [0, 0.05) is 39.0 Å². The van der Waals surface area contributed by atoms with Crippen molar-refractivity contribution in [2.45, 2.75) is 23.5 Å². The zero-order valence-corrected chi connectivity index (χ0v) is 14.8. The van der Waals surface area contributed by atoms with Crippen LogP contribution in [-0.4, -0.2) is 63.2 Å². The quantitative estimate of drug-likeness (QED) is 0.755. The number of piperidine rings is 1. The van der Waals surface area contributed by atoms with Crippen molar-refractivity contribution in [1.29, 1.82) is 0 Å². The first-order chi connectivity index (χ1) is 11.5. The van der Waals surface area contributed by atoms with E-state index in [4.69, 9.17) is 9.47 Å². The Kier molecular flexibility index (Phi) is 4.96. The second-order valence-corrected chi connectivity index (χ2v) is 8.00. The average Bonchev–Trinajstić information content (AvgIpc) is 3.01. The van der Waals surface area contributed by atoms with Gasteiger partial charge in [-0.1, -0.05) is 6.08 Å². The highest BCUT2D eigenvalue weighted by Crippen LogP contribution is 2.38. The van der Waals surface area contributed by atoms with Crippen LogP contribution in [0.4, 0.5) is 0 Å². The van der Waals surface area contributed by atoms with Crippen molar-refractivity contribution in [1.82, 2.24) is 9.21 Å². The molecule has 1 aromatic rings. The van der Waals surface area contributed by atoms with Crippen LogP contribution in [0.25, 0.3) is 0 Å². The Morgan fingerprint density at radius 2 is 1.92 bits per heavy atom. The van der Waals surface area contributed by atoms with Gasteiger partial charge in [-0.25, -0.2) is 8.42 Å². The lowest BCUT2D eigenvalue weighted by Crippen LogP contribution is -2.54. The highest BCUT2D eigenvalue weighted by Gasteiger charge is 2.50. The van der Waals surface area contributed by atoms with Crippen LogP contribution in [0.1, 0.15) is 12.8 Å². The molecule has 2 saturated heterocycles. The summed E-state index contributed by atoms with van der Waals surface area (Å²) in [6.07, 6.45) is 3.23. The van der Waals surface area contributed by atoms with Gasteiger partial charge in [0.2, 0.25) is 10.0 Å². The molecule has 2 aliphatic heterocycles. The molecule has 0 aromatic heterocycles. The van der Waals surface area contributed by atoms with E-state index in [1.54, 1.807) is 35.7 Å². The molecule has 2 fully saturated rings. The molecular weight excluding hydrogens is 328 g/mol. The SMILES string of the molecule is C=CCN1CCC2(CC1)OCCN2S(=O)(=O)c1ccc(OC)cc1. The molecule has 2 heterocycles. The Morgan fingerprint density at radius 3 is 2.50 bits per heavy atom. The predicted octanol–water partition coefficient (Wildman–Crippen LogP) is 1.69. The zero-order chi connectivity index (χ0) is 17.2. The summed E-state index contributed by atoms with van der Waals surface area (Å²) in [5.74, 6) is 0.638. The molecule has 6 nitrogen and oxygen atoms in total. The van der Waals surface area contributed by atoms with Crippen molar-refractivity contribution in [2.75, 3.05) is 39.9 Å². The summed E-state index contributed by atoms with van der Waals surface area (Å²) >= 11 is 0. The molecular formula is C17H24N2O4S. The number of methoxy groups -OCH3 is 1. The number of nitrogens with zero attached hydrogens (tertiary/aromatic N) is 2. The summed E-state index contributed by atoms with van der Waals surface area (Å²) in [5, 5.41) is 0. The van der Waals surface area contributed by atoms with Crippen molar-refractivity contribution >= 4 is 10.0 Å². The summed E-state index contributed by atoms with van der Waals surface area (Å²) in [7, 11) is -2.03. The Balaban J connectivity index is 1.82. The van der Waals surface area contributed by atoms with Gasteiger partial charge in [0.1, 0.15) is 11.5 Å². The second-order valence-electron chi connectivity index (χ2n) is 6.14. The average molecular weight is 352 g/mol. The number of hydrogen-bond acceptors (Lipinski definition) is 5. The fraction of sp³-hybridized carbons (Fsp3) is 0.529. The lowest BCUT2D eigenvalue weighted by Gasteiger charge is -2.42. The molecule has 0 N–H and O–H groups in total. The number of hydrogen-bond donors (Lipinski definition) is 0. The lowest BCUT2D eigenvalue weighted by atomic mass is 10.0. The highest BCUT2D eigenvalue weighted by atomic mass is 32.2. The Bertz CT molecular complexity index is 679. The highest BCUT2D eigenvalue weighted by molar-refractivity contribution is 7.89. The van der Waals surface area contributed by atoms with Crippen molar-refractivity contribution in [3.8, 4) is 5.75 Å².